The summed E-state index contributed by atoms with van der Waals surface area (Å²) in [4.78, 5) is 22.0. The summed E-state index contributed by atoms with van der Waals surface area (Å²) >= 11 is 0. The minimum atomic E-state index is -0.0484. The van der Waals surface area contributed by atoms with Crippen molar-refractivity contribution in [1.82, 2.24) is 19.2 Å². The lowest BCUT2D eigenvalue weighted by Crippen LogP contribution is -2.32. The number of hydrogen-bond donors (Lipinski definition) is 0. The molecular formula is C23H26N4O2. The van der Waals surface area contributed by atoms with Crippen LogP contribution in [0.1, 0.15) is 40.0 Å². The molecule has 1 aromatic carbocycles. The second-order valence-corrected chi connectivity index (χ2v) is 8.10. The molecule has 1 amide bonds. The fourth-order valence-electron chi connectivity index (χ4n) is 4.29. The summed E-state index contributed by atoms with van der Waals surface area (Å²) in [5, 5.41) is 0. The summed E-state index contributed by atoms with van der Waals surface area (Å²) < 4.78 is 7.85. The second-order valence-electron chi connectivity index (χ2n) is 8.10. The first-order chi connectivity index (χ1) is 14.2. The number of carbonyl (C=O) groups is 1. The van der Waals surface area contributed by atoms with Gasteiger partial charge in [0.25, 0.3) is 5.91 Å². The van der Waals surface area contributed by atoms with E-state index in [9.17, 15) is 4.79 Å². The number of aryl methyl sites for hydroxylation is 1. The highest BCUT2D eigenvalue weighted by Crippen LogP contribution is 2.26. The number of benzene rings is 1. The van der Waals surface area contributed by atoms with E-state index >= 15 is 0 Å². The molecule has 1 saturated heterocycles. The number of aromatic nitrogens is 2. The Labute approximate surface area is 170 Å². The van der Waals surface area contributed by atoms with Crippen molar-refractivity contribution in [1.29, 1.82) is 0 Å². The van der Waals surface area contributed by atoms with E-state index < -0.39 is 0 Å². The zero-order valence-electron chi connectivity index (χ0n) is 16.8. The number of fused-ring (bicyclic) bond motifs is 2. The summed E-state index contributed by atoms with van der Waals surface area (Å²) in [6.07, 6.45) is 6.38. The smallest absolute Gasteiger partial charge is 0.274 e. The fourth-order valence-corrected chi connectivity index (χ4v) is 4.29. The summed E-state index contributed by atoms with van der Waals surface area (Å²) in [5.41, 5.74) is 4.76. The molecule has 0 N–H and O–H groups in total. The third-order valence-corrected chi connectivity index (χ3v) is 5.81. The maximum Gasteiger partial charge on any atom is 0.274 e. The Morgan fingerprint density at radius 3 is 2.83 bits per heavy atom. The largest absolute Gasteiger partial charge is 0.491 e. The maximum absolute atomic E-state index is 13.2. The molecule has 0 bridgehead atoms. The van der Waals surface area contributed by atoms with Crippen LogP contribution in [0, 0.1) is 6.92 Å². The number of likely N-dealkylation sites (tertiary alicyclic amines) is 1. The van der Waals surface area contributed by atoms with Crippen LogP contribution in [0.15, 0.2) is 42.7 Å². The van der Waals surface area contributed by atoms with Crippen LogP contribution in [0.5, 0.6) is 5.75 Å². The van der Waals surface area contributed by atoms with E-state index in [0.29, 0.717) is 25.4 Å². The average Bonchev–Trinajstić information content (AvgIpc) is 3.32. The lowest BCUT2D eigenvalue weighted by molar-refractivity contribution is 0.0728. The van der Waals surface area contributed by atoms with Gasteiger partial charge in [-0.25, -0.2) is 4.98 Å². The molecule has 150 valence electrons. The summed E-state index contributed by atoms with van der Waals surface area (Å²) in [5.74, 6) is 0.837. The first kappa shape index (κ1) is 18.2. The SMILES string of the molecule is Cc1ccc2nc(C(=O)N3CCOc4ccc(CN5CCCC5)cc4C3)cn2c1. The Hall–Kier alpha value is -2.86. The van der Waals surface area contributed by atoms with Crippen LogP contribution in [0.4, 0.5) is 0 Å². The van der Waals surface area contributed by atoms with E-state index in [1.807, 2.05) is 40.8 Å². The van der Waals surface area contributed by atoms with Gasteiger partial charge in [-0.1, -0.05) is 12.1 Å². The zero-order valence-corrected chi connectivity index (χ0v) is 16.8. The third-order valence-electron chi connectivity index (χ3n) is 5.81. The summed E-state index contributed by atoms with van der Waals surface area (Å²) in [7, 11) is 0. The van der Waals surface area contributed by atoms with Gasteiger partial charge in [0.2, 0.25) is 0 Å². The van der Waals surface area contributed by atoms with Crippen molar-refractivity contribution in [3.63, 3.8) is 0 Å². The van der Waals surface area contributed by atoms with E-state index in [1.54, 1.807) is 0 Å². The molecule has 0 spiro atoms. The molecule has 4 heterocycles. The molecule has 0 atom stereocenters. The highest BCUT2D eigenvalue weighted by Gasteiger charge is 2.23. The summed E-state index contributed by atoms with van der Waals surface area (Å²) in [6.45, 7) is 6.95. The molecule has 3 aromatic rings. The number of nitrogens with zero attached hydrogens (tertiary/aromatic N) is 4. The van der Waals surface area contributed by atoms with Crippen molar-refractivity contribution in [2.24, 2.45) is 0 Å². The predicted octanol–water partition coefficient (Wildman–Crippen LogP) is 3.27. The Balaban J connectivity index is 1.38. The first-order valence-electron chi connectivity index (χ1n) is 10.4. The van der Waals surface area contributed by atoms with Crippen molar-refractivity contribution in [2.75, 3.05) is 26.2 Å². The molecule has 0 radical (unpaired) electrons. The third kappa shape index (κ3) is 3.72. The number of imidazole rings is 1. The average molecular weight is 390 g/mol. The number of pyridine rings is 1. The van der Waals surface area contributed by atoms with Gasteiger partial charge in [0.15, 0.2) is 0 Å². The van der Waals surface area contributed by atoms with Crippen LogP contribution in [0.2, 0.25) is 0 Å². The van der Waals surface area contributed by atoms with Crippen molar-refractivity contribution in [3.05, 3.63) is 65.1 Å². The van der Waals surface area contributed by atoms with Crippen molar-refractivity contribution >= 4 is 11.6 Å². The van der Waals surface area contributed by atoms with E-state index in [2.05, 4.69) is 28.1 Å². The van der Waals surface area contributed by atoms with Gasteiger partial charge >= 0.3 is 0 Å². The van der Waals surface area contributed by atoms with E-state index in [-0.39, 0.29) is 5.91 Å². The second kappa shape index (κ2) is 7.52. The standard InChI is InChI=1S/C23H26N4O2/c1-17-4-7-22-24-20(16-27(22)13-17)23(28)26-10-11-29-21-6-5-18(12-19(21)15-26)14-25-8-2-3-9-25/h4-7,12-13,16H,2-3,8-11,14-15H2,1H3. The molecule has 0 saturated carbocycles. The molecule has 0 unspecified atom stereocenters. The summed E-state index contributed by atoms with van der Waals surface area (Å²) in [6, 6.07) is 10.4. The Morgan fingerprint density at radius 1 is 1.10 bits per heavy atom. The quantitative estimate of drug-likeness (QED) is 0.689. The van der Waals surface area contributed by atoms with Crippen LogP contribution in [0.3, 0.4) is 0 Å². The number of carbonyl (C=O) groups excluding carboxylic acids is 1. The highest BCUT2D eigenvalue weighted by molar-refractivity contribution is 5.93. The predicted molar refractivity (Wildman–Crippen MR) is 111 cm³/mol. The molecule has 5 rings (SSSR count). The Morgan fingerprint density at radius 2 is 1.97 bits per heavy atom. The molecule has 2 aliphatic rings. The molecule has 2 aromatic heterocycles. The molecular weight excluding hydrogens is 364 g/mol. The van der Waals surface area contributed by atoms with Gasteiger partial charge < -0.3 is 14.0 Å². The fraction of sp³-hybridized carbons (Fsp3) is 0.391. The molecule has 6 heteroatoms. The van der Waals surface area contributed by atoms with Gasteiger partial charge in [0.1, 0.15) is 23.7 Å². The van der Waals surface area contributed by atoms with Crippen LogP contribution >= 0.6 is 0 Å². The van der Waals surface area contributed by atoms with E-state index in [0.717, 1.165) is 29.1 Å². The van der Waals surface area contributed by atoms with Gasteiger partial charge in [-0.3, -0.25) is 9.69 Å². The molecule has 6 nitrogen and oxygen atoms in total. The minimum Gasteiger partial charge on any atom is -0.491 e. The van der Waals surface area contributed by atoms with E-state index in [1.165, 1.54) is 31.5 Å². The molecule has 1 fully saturated rings. The van der Waals surface area contributed by atoms with Gasteiger partial charge in [0, 0.05) is 31.0 Å². The lowest BCUT2D eigenvalue weighted by atomic mass is 10.1. The zero-order chi connectivity index (χ0) is 19.8. The highest BCUT2D eigenvalue weighted by atomic mass is 16.5. The van der Waals surface area contributed by atoms with Crippen LogP contribution in [0.25, 0.3) is 5.65 Å². The van der Waals surface area contributed by atoms with Crippen molar-refractivity contribution in [2.45, 2.75) is 32.9 Å². The first-order valence-corrected chi connectivity index (χ1v) is 10.4. The minimum absolute atomic E-state index is 0.0484. The Kier molecular flexibility index (Phi) is 4.72. The van der Waals surface area contributed by atoms with E-state index in [4.69, 9.17) is 4.74 Å². The topological polar surface area (TPSA) is 50.1 Å². The van der Waals surface area contributed by atoms with Gasteiger partial charge in [0.05, 0.1) is 6.54 Å². The normalized spacial score (nSPS) is 17.2. The number of amides is 1. The molecule has 0 aliphatic carbocycles. The lowest BCUT2D eigenvalue weighted by Gasteiger charge is -2.19. The van der Waals surface area contributed by atoms with Crippen LogP contribution < -0.4 is 4.74 Å². The number of ether oxygens (including phenoxy) is 1. The molecule has 29 heavy (non-hydrogen) atoms. The van der Waals surface area contributed by atoms with Crippen LogP contribution in [-0.4, -0.2) is 51.3 Å². The van der Waals surface area contributed by atoms with Crippen molar-refractivity contribution in [3.8, 4) is 5.75 Å². The van der Waals surface area contributed by atoms with Gasteiger partial charge in [-0.2, -0.15) is 0 Å². The van der Waals surface area contributed by atoms with Crippen molar-refractivity contribution < 1.29 is 9.53 Å². The van der Waals surface area contributed by atoms with Gasteiger partial charge in [-0.15, -0.1) is 0 Å². The Bertz CT molecular complexity index is 1050. The number of hydrogen-bond acceptors (Lipinski definition) is 4. The molecule has 2 aliphatic heterocycles. The number of rotatable bonds is 3. The monoisotopic (exact) mass is 390 g/mol. The van der Waals surface area contributed by atoms with Crippen LogP contribution in [-0.2, 0) is 13.1 Å². The van der Waals surface area contributed by atoms with Gasteiger partial charge in [-0.05, 0) is 62.2 Å². The maximum atomic E-state index is 13.2.